The Morgan fingerprint density at radius 1 is 0.905 bits per heavy atom. The van der Waals surface area contributed by atoms with Crippen LogP contribution in [-0.2, 0) is 0 Å². The van der Waals surface area contributed by atoms with Crippen LogP contribution >= 0.6 is 11.6 Å². The molecule has 3 rings (SSSR count). The van der Waals surface area contributed by atoms with Crippen LogP contribution in [0.1, 0.15) is 22.8 Å². The molecule has 0 radical (unpaired) electrons. The second-order valence-electron chi connectivity index (χ2n) is 5.06. The van der Waals surface area contributed by atoms with Gasteiger partial charge in [0.2, 0.25) is 0 Å². The summed E-state index contributed by atoms with van der Waals surface area (Å²) in [6.45, 7) is 1.89. The second-order valence-corrected chi connectivity index (χ2v) is 5.44. The van der Waals surface area contributed by atoms with E-state index in [0.717, 1.165) is 5.56 Å². The third-order valence-electron chi connectivity index (χ3n) is 3.72. The number of aliphatic hydroxyl groups is 1. The van der Waals surface area contributed by atoms with E-state index in [1.807, 2.05) is 25.1 Å². The van der Waals surface area contributed by atoms with Gasteiger partial charge in [0.15, 0.2) is 0 Å². The first-order chi connectivity index (χ1) is 10.1. The summed E-state index contributed by atoms with van der Waals surface area (Å²) < 4.78 is 13.9. The van der Waals surface area contributed by atoms with Crippen molar-refractivity contribution >= 4 is 22.4 Å². The number of rotatable bonds is 2. The maximum atomic E-state index is 13.9. The van der Waals surface area contributed by atoms with Gasteiger partial charge >= 0.3 is 0 Å². The lowest BCUT2D eigenvalue weighted by atomic mass is 9.95. The van der Waals surface area contributed by atoms with Gasteiger partial charge < -0.3 is 5.11 Å². The van der Waals surface area contributed by atoms with Gasteiger partial charge in [0.25, 0.3) is 0 Å². The van der Waals surface area contributed by atoms with Gasteiger partial charge in [-0.2, -0.15) is 0 Å². The number of hydrogen-bond acceptors (Lipinski definition) is 1. The molecule has 106 valence electrons. The van der Waals surface area contributed by atoms with Gasteiger partial charge in [-0.3, -0.25) is 0 Å². The molecule has 3 aromatic rings. The van der Waals surface area contributed by atoms with Crippen molar-refractivity contribution in [2.24, 2.45) is 0 Å². The summed E-state index contributed by atoms with van der Waals surface area (Å²) in [5, 5.41) is 12.4. The van der Waals surface area contributed by atoms with Crippen molar-refractivity contribution in [1.29, 1.82) is 0 Å². The molecule has 0 aliphatic carbocycles. The number of aryl methyl sites for hydroxylation is 1. The lowest BCUT2D eigenvalue weighted by molar-refractivity contribution is 0.222. The fourth-order valence-corrected chi connectivity index (χ4v) is 2.80. The Kier molecular flexibility index (Phi) is 3.66. The Bertz CT molecular complexity index is 813. The molecule has 1 unspecified atom stereocenters. The molecular formula is C18H14ClFO. The largest absolute Gasteiger partial charge is 0.384 e. The van der Waals surface area contributed by atoms with Crippen LogP contribution in [0.2, 0.25) is 5.02 Å². The zero-order valence-corrected chi connectivity index (χ0v) is 12.2. The van der Waals surface area contributed by atoms with Crippen LogP contribution in [0.3, 0.4) is 0 Å². The van der Waals surface area contributed by atoms with Crippen LogP contribution in [0.25, 0.3) is 10.8 Å². The highest BCUT2D eigenvalue weighted by molar-refractivity contribution is 6.32. The predicted molar refractivity (Wildman–Crippen MR) is 84.2 cm³/mol. The molecule has 3 aromatic carbocycles. The molecule has 0 amide bonds. The lowest BCUT2D eigenvalue weighted by Crippen LogP contribution is -2.02. The Balaban J connectivity index is 2.21. The van der Waals surface area contributed by atoms with Gasteiger partial charge in [-0.1, -0.05) is 60.1 Å². The van der Waals surface area contributed by atoms with E-state index in [9.17, 15) is 9.50 Å². The molecule has 0 aliphatic rings. The molecule has 0 saturated carbocycles. The van der Waals surface area contributed by atoms with Gasteiger partial charge in [0, 0.05) is 16.0 Å². The van der Waals surface area contributed by atoms with Crippen molar-refractivity contribution in [2.75, 3.05) is 0 Å². The average Bonchev–Trinajstić information content (AvgIpc) is 2.50. The molecule has 0 aliphatic heterocycles. The zero-order valence-electron chi connectivity index (χ0n) is 11.5. The monoisotopic (exact) mass is 300 g/mol. The quantitative estimate of drug-likeness (QED) is 0.704. The molecule has 0 aromatic heterocycles. The molecule has 0 saturated heterocycles. The summed E-state index contributed by atoms with van der Waals surface area (Å²) >= 11 is 6.29. The first kappa shape index (κ1) is 14.1. The van der Waals surface area contributed by atoms with E-state index in [1.165, 1.54) is 6.07 Å². The maximum Gasteiger partial charge on any atom is 0.131 e. The fourth-order valence-electron chi connectivity index (χ4n) is 2.57. The minimum absolute atomic E-state index is 0.295. The molecule has 1 atom stereocenters. The number of benzene rings is 3. The minimum atomic E-state index is -0.886. The Morgan fingerprint density at radius 3 is 2.38 bits per heavy atom. The number of halogens is 2. The third-order valence-corrected chi connectivity index (χ3v) is 4.23. The van der Waals surface area contributed by atoms with E-state index in [4.69, 9.17) is 11.6 Å². The van der Waals surface area contributed by atoms with E-state index in [1.54, 1.807) is 30.3 Å². The van der Waals surface area contributed by atoms with E-state index in [-0.39, 0.29) is 5.82 Å². The van der Waals surface area contributed by atoms with Crippen molar-refractivity contribution in [2.45, 2.75) is 13.0 Å². The van der Waals surface area contributed by atoms with Gasteiger partial charge in [-0.05, 0) is 29.5 Å². The first-order valence-corrected chi connectivity index (χ1v) is 7.07. The normalized spacial score (nSPS) is 12.6. The highest BCUT2D eigenvalue weighted by Gasteiger charge is 2.18. The van der Waals surface area contributed by atoms with Gasteiger partial charge in [0.05, 0.1) is 0 Å². The minimum Gasteiger partial charge on any atom is -0.384 e. The molecule has 1 N–H and O–H groups in total. The zero-order chi connectivity index (χ0) is 15.0. The topological polar surface area (TPSA) is 20.2 Å². The molecule has 0 fully saturated rings. The lowest BCUT2D eigenvalue weighted by Gasteiger charge is -2.17. The molecule has 0 spiro atoms. The standard InChI is InChI=1S/C18H14ClFO/c1-11-5-4-8-15(17(11)19)18(21)14-9-10-16(20)13-7-3-2-6-12(13)14/h2-10,18,21H,1H3. The van der Waals surface area contributed by atoms with E-state index in [0.29, 0.717) is 26.9 Å². The van der Waals surface area contributed by atoms with Gasteiger partial charge in [0.1, 0.15) is 11.9 Å². The summed E-state index contributed by atoms with van der Waals surface area (Å²) in [7, 11) is 0. The van der Waals surface area contributed by atoms with Crippen LogP contribution in [0, 0.1) is 12.7 Å². The second kappa shape index (κ2) is 5.47. The van der Waals surface area contributed by atoms with Crippen LogP contribution in [0.15, 0.2) is 54.6 Å². The average molecular weight is 301 g/mol. The highest BCUT2D eigenvalue weighted by Crippen LogP contribution is 2.34. The predicted octanol–water partition coefficient (Wildman–Crippen LogP) is 5.02. The highest BCUT2D eigenvalue weighted by atomic mass is 35.5. The van der Waals surface area contributed by atoms with Gasteiger partial charge in [-0.15, -0.1) is 0 Å². The summed E-state index contributed by atoms with van der Waals surface area (Å²) in [6.07, 6.45) is -0.886. The number of fused-ring (bicyclic) bond motifs is 1. The first-order valence-electron chi connectivity index (χ1n) is 6.70. The Morgan fingerprint density at radius 2 is 1.62 bits per heavy atom. The van der Waals surface area contributed by atoms with Crippen molar-refractivity contribution in [3.05, 3.63) is 82.1 Å². The van der Waals surface area contributed by atoms with E-state index >= 15 is 0 Å². The maximum absolute atomic E-state index is 13.9. The van der Waals surface area contributed by atoms with Gasteiger partial charge in [-0.25, -0.2) is 4.39 Å². The molecule has 1 nitrogen and oxygen atoms in total. The summed E-state index contributed by atoms with van der Waals surface area (Å²) in [5.41, 5.74) is 2.19. The number of hydrogen-bond donors (Lipinski definition) is 1. The van der Waals surface area contributed by atoms with Crippen LogP contribution in [0.5, 0.6) is 0 Å². The fraction of sp³-hybridized carbons (Fsp3) is 0.111. The molecule has 0 bridgehead atoms. The smallest absolute Gasteiger partial charge is 0.131 e. The molecule has 0 heterocycles. The third kappa shape index (κ3) is 2.41. The summed E-state index contributed by atoms with van der Waals surface area (Å²) in [6, 6.07) is 15.6. The molecular weight excluding hydrogens is 287 g/mol. The van der Waals surface area contributed by atoms with Crippen LogP contribution in [0.4, 0.5) is 4.39 Å². The Labute approximate surface area is 127 Å². The van der Waals surface area contributed by atoms with Crippen LogP contribution < -0.4 is 0 Å². The Hall–Kier alpha value is -1.90. The molecule has 3 heteroatoms. The summed E-state index contributed by atoms with van der Waals surface area (Å²) in [5.74, 6) is -0.295. The van der Waals surface area contributed by atoms with E-state index < -0.39 is 6.10 Å². The summed E-state index contributed by atoms with van der Waals surface area (Å²) in [4.78, 5) is 0. The molecule has 21 heavy (non-hydrogen) atoms. The van der Waals surface area contributed by atoms with E-state index in [2.05, 4.69) is 0 Å². The van der Waals surface area contributed by atoms with Crippen molar-refractivity contribution in [3.8, 4) is 0 Å². The van der Waals surface area contributed by atoms with Crippen molar-refractivity contribution in [3.63, 3.8) is 0 Å². The SMILES string of the molecule is Cc1cccc(C(O)c2ccc(F)c3ccccc23)c1Cl. The van der Waals surface area contributed by atoms with Crippen LogP contribution in [-0.4, -0.2) is 5.11 Å². The van der Waals surface area contributed by atoms with Crippen molar-refractivity contribution in [1.82, 2.24) is 0 Å². The van der Waals surface area contributed by atoms with Crippen molar-refractivity contribution < 1.29 is 9.50 Å². The number of aliphatic hydroxyl groups excluding tert-OH is 1.